The van der Waals surface area contributed by atoms with Crippen LogP contribution < -0.4 is 5.73 Å². The highest BCUT2D eigenvalue weighted by Gasteiger charge is 2.22. The van der Waals surface area contributed by atoms with Gasteiger partial charge >= 0.3 is 0 Å². The SMILES string of the molecule is Cl.NCC1CCCCN1Cc1cc(F)c(F)cc1F. The third kappa shape index (κ3) is 3.84. The second-order valence-corrected chi connectivity index (χ2v) is 4.71. The largest absolute Gasteiger partial charge is 0.329 e. The Balaban J connectivity index is 0.00000180. The number of piperidine rings is 1. The van der Waals surface area contributed by atoms with Crippen molar-refractivity contribution < 1.29 is 13.2 Å². The van der Waals surface area contributed by atoms with Crippen molar-refractivity contribution in [2.24, 2.45) is 5.73 Å². The van der Waals surface area contributed by atoms with Crippen LogP contribution in [0.3, 0.4) is 0 Å². The average molecular weight is 295 g/mol. The van der Waals surface area contributed by atoms with Gasteiger partial charge in [0.2, 0.25) is 0 Å². The first kappa shape index (κ1) is 16.3. The third-order valence-corrected chi connectivity index (χ3v) is 3.48. The van der Waals surface area contributed by atoms with Crippen LogP contribution in [0.1, 0.15) is 24.8 Å². The molecule has 1 fully saturated rings. The second kappa shape index (κ2) is 7.12. The Morgan fingerprint density at radius 2 is 1.79 bits per heavy atom. The van der Waals surface area contributed by atoms with Gasteiger partial charge in [-0.1, -0.05) is 6.42 Å². The van der Waals surface area contributed by atoms with Gasteiger partial charge in [0.25, 0.3) is 0 Å². The van der Waals surface area contributed by atoms with Crippen molar-refractivity contribution >= 4 is 12.4 Å². The molecule has 0 bridgehead atoms. The molecular weight excluding hydrogens is 277 g/mol. The number of likely N-dealkylation sites (tertiary alicyclic amines) is 1. The predicted molar refractivity (Wildman–Crippen MR) is 70.7 cm³/mol. The monoisotopic (exact) mass is 294 g/mol. The minimum absolute atomic E-state index is 0. The van der Waals surface area contributed by atoms with Crippen LogP contribution in [-0.4, -0.2) is 24.0 Å². The Hall–Kier alpha value is -0.780. The minimum Gasteiger partial charge on any atom is -0.329 e. The van der Waals surface area contributed by atoms with Crippen LogP contribution in [0.15, 0.2) is 12.1 Å². The van der Waals surface area contributed by atoms with Gasteiger partial charge < -0.3 is 5.73 Å². The summed E-state index contributed by atoms with van der Waals surface area (Å²) in [6.45, 7) is 1.61. The van der Waals surface area contributed by atoms with Crippen LogP contribution in [-0.2, 0) is 6.54 Å². The Labute approximate surface area is 117 Å². The van der Waals surface area contributed by atoms with E-state index in [0.29, 0.717) is 12.6 Å². The molecule has 108 valence electrons. The lowest BCUT2D eigenvalue weighted by Crippen LogP contribution is -2.43. The van der Waals surface area contributed by atoms with E-state index in [0.717, 1.165) is 31.9 Å². The van der Waals surface area contributed by atoms with Crippen LogP contribution >= 0.6 is 12.4 Å². The molecule has 1 unspecified atom stereocenters. The summed E-state index contributed by atoms with van der Waals surface area (Å²) in [6.07, 6.45) is 3.11. The summed E-state index contributed by atoms with van der Waals surface area (Å²) < 4.78 is 39.5. The molecule has 1 aliphatic rings. The first-order chi connectivity index (χ1) is 8.61. The highest BCUT2D eigenvalue weighted by molar-refractivity contribution is 5.85. The predicted octanol–water partition coefficient (Wildman–Crippen LogP) is 2.84. The standard InChI is InChI=1S/C13H17F3N2.ClH/c14-11-6-13(16)12(15)5-9(11)8-18-4-2-1-3-10(18)7-17;/h5-6,10H,1-4,7-8,17H2;1H. The average Bonchev–Trinajstić information content (AvgIpc) is 2.36. The van der Waals surface area contributed by atoms with Crippen LogP contribution in [0, 0.1) is 17.5 Å². The molecule has 6 heteroatoms. The Kier molecular flexibility index (Phi) is 6.10. The summed E-state index contributed by atoms with van der Waals surface area (Å²) in [7, 11) is 0. The summed E-state index contributed by atoms with van der Waals surface area (Å²) >= 11 is 0. The number of nitrogens with zero attached hydrogens (tertiary/aromatic N) is 1. The van der Waals surface area contributed by atoms with Crippen molar-refractivity contribution in [1.29, 1.82) is 0 Å². The molecule has 1 saturated heterocycles. The molecule has 0 aromatic heterocycles. The molecule has 1 aromatic rings. The van der Waals surface area contributed by atoms with Gasteiger partial charge in [-0.2, -0.15) is 0 Å². The normalized spacial score (nSPS) is 20.1. The fraction of sp³-hybridized carbons (Fsp3) is 0.538. The molecule has 19 heavy (non-hydrogen) atoms. The molecule has 1 aliphatic heterocycles. The van der Waals surface area contributed by atoms with Gasteiger partial charge in [-0.15, -0.1) is 12.4 Å². The van der Waals surface area contributed by atoms with Crippen molar-refractivity contribution in [2.45, 2.75) is 31.8 Å². The summed E-state index contributed by atoms with van der Waals surface area (Å²) in [5, 5.41) is 0. The topological polar surface area (TPSA) is 29.3 Å². The summed E-state index contributed by atoms with van der Waals surface area (Å²) in [5.41, 5.74) is 5.86. The number of nitrogens with two attached hydrogens (primary N) is 1. The lowest BCUT2D eigenvalue weighted by Gasteiger charge is -2.35. The number of rotatable bonds is 3. The Bertz CT molecular complexity index is 429. The highest BCUT2D eigenvalue weighted by atomic mass is 35.5. The fourth-order valence-electron chi connectivity index (χ4n) is 2.44. The quantitative estimate of drug-likeness (QED) is 0.869. The maximum Gasteiger partial charge on any atom is 0.161 e. The van der Waals surface area contributed by atoms with E-state index in [1.54, 1.807) is 0 Å². The molecule has 1 heterocycles. The van der Waals surface area contributed by atoms with E-state index in [1.807, 2.05) is 4.90 Å². The number of hydrogen-bond acceptors (Lipinski definition) is 2. The van der Waals surface area contributed by atoms with Crippen molar-refractivity contribution in [3.63, 3.8) is 0 Å². The van der Waals surface area contributed by atoms with Gasteiger partial charge in [0.15, 0.2) is 11.6 Å². The van der Waals surface area contributed by atoms with Crippen molar-refractivity contribution in [1.82, 2.24) is 4.90 Å². The first-order valence-electron chi connectivity index (χ1n) is 6.19. The van der Waals surface area contributed by atoms with Crippen LogP contribution in [0.5, 0.6) is 0 Å². The molecular formula is C13H18ClF3N2. The molecule has 0 amide bonds. The van der Waals surface area contributed by atoms with Gasteiger partial charge in [-0.05, 0) is 25.5 Å². The molecule has 2 N–H and O–H groups in total. The second-order valence-electron chi connectivity index (χ2n) is 4.71. The van der Waals surface area contributed by atoms with Crippen molar-refractivity contribution in [3.8, 4) is 0 Å². The summed E-state index contributed by atoms with van der Waals surface area (Å²) in [5.74, 6) is -2.85. The molecule has 2 nitrogen and oxygen atoms in total. The van der Waals surface area contributed by atoms with Crippen LogP contribution in [0.4, 0.5) is 13.2 Å². The van der Waals surface area contributed by atoms with E-state index in [1.165, 1.54) is 0 Å². The number of hydrogen-bond donors (Lipinski definition) is 1. The zero-order valence-corrected chi connectivity index (χ0v) is 11.4. The highest BCUT2D eigenvalue weighted by Crippen LogP contribution is 2.21. The molecule has 1 atom stereocenters. The molecule has 0 radical (unpaired) electrons. The van der Waals surface area contributed by atoms with Gasteiger partial charge in [0, 0.05) is 30.8 Å². The maximum atomic E-state index is 13.6. The van der Waals surface area contributed by atoms with E-state index in [4.69, 9.17) is 5.73 Å². The Morgan fingerprint density at radius 1 is 1.11 bits per heavy atom. The lowest BCUT2D eigenvalue weighted by molar-refractivity contribution is 0.143. The lowest BCUT2D eigenvalue weighted by atomic mass is 10.0. The zero-order chi connectivity index (χ0) is 13.1. The van der Waals surface area contributed by atoms with Gasteiger partial charge in [0.05, 0.1) is 0 Å². The van der Waals surface area contributed by atoms with Crippen molar-refractivity contribution in [2.75, 3.05) is 13.1 Å². The zero-order valence-electron chi connectivity index (χ0n) is 10.5. The first-order valence-corrected chi connectivity index (χ1v) is 6.19. The van der Waals surface area contributed by atoms with Gasteiger partial charge in [-0.3, -0.25) is 4.90 Å². The van der Waals surface area contributed by atoms with Gasteiger partial charge in [-0.25, -0.2) is 13.2 Å². The molecule has 2 rings (SSSR count). The van der Waals surface area contributed by atoms with E-state index >= 15 is 0 Å². The Morgan fingerprint density at radius 3 is 2.47 bits per heavy atom. The minimum atomic E-state index is -1.15. The van der Waals surface area contributed by atoms with Gasteiger partial charge in [0.1, 0.15) is 5.82 Å². The van der Waals surface area contributed by atoms with Crippen LogP contribution in [0.2, 0.25) is 0 Å². The maximum absolute atomic E-state index is 13.6. The molecule has 0 spiro atoms. The number of halogens is 4. The molecule has 0 saturated carbocycles. The molecule has 0 aliphatic carbocycles. The third-order valence-electron chi connectivity index (χ3n) is 3.48. The van der Waals surface area contributed by atoms with E-state index in [9.17, 15) is 13.2 Å². The summed E-state index contributed by atoms with van der Waals surface area (Å²) in [4.78, 5) is 2.04. The molecule has 1 aromatic carbocycles. The van der Waals surface area contributed by atoms with Crippen molar-refractivity contribution in [3.05, 3.63) is 35.1 Å². The number of benzene rings is 1. The summed E-state index contributed by atoms with van der Waals surface area (Å²) in [6, 6.07) is 1.74. The smallest absolute Gasteiger partial charge is 0.161 e. The van der Waals surface area contributed by atoms with E-state index in [2.05, 4.69) is 0 Å². The fourth-order valence-corrected chi connectivity index (χ4v) is 2.44. The van der Waals surface area contributed by atoms with E-state index < -0.39 is 17.5 Å². The van der Waals surface area contributed by atoms with E-state index in [-0.39, 0.29) is 30.6 Å². The van der Waals surface area contributed by atoms with Crippen LogP contribution in [0.25, 0.3) is 0 Å².